The molecule has 6 heteroatoms. The summed E-state index contributed by atoms with van der Waals surface area (Å²) in [6.45, 7) is 0.563. The molecule has 2 heterocycles. The van der Waals surface area contributed by atoms with Gasteiger partial charge in [-0.1, -0.05) is 18.2 Å². The SMILES string of the molecule is O=C(CC1CNC(C(=O)O)C1)Nc1ccc(Cc2ccccn2)cc1. The maximum atomic E-state index is 12.1. The topological polar surface area (TPSA) is 91.3 Å². The van der Waals surface area contributed by atoms with Gasteiger partial charge in [-0.25, -0.2) is 0 Å². The van der Waals surface area contributed by atoms with Crippen molar-refractivity contribution >= 4 is 17.6 Å². The van der Waals surface area contributed by atoms with Gasteiger partial charge in [0.2, 0.25) is 5.91 Å². The third-order valence-electron chi connectivity index (χ3n) is 4.34. The Morgan fingerprint density at radius 1 is 1.20 bits per heavy atom. The average molecular weight is 339 g/mol. The van der Waals surface area contributed by atoms with Gasteiger partial charge >= 0.3 is 5.97 Å². The highest BCUT2D eigenvalue weighted by Gasteiger charge is 2.30. The van der Waals surface area contributed by atoms with Gasteiger partial charge < -0.3 is 15.7 Å². The molecule has 1 fully saturated rings. The van der Waals surface area contributed by atoms with Gasteiger partial charge in [0.25, 0.3) is 0 Å². The Bertz CT molecular complexity index is 731. The van der Waals surface area contributed by atoms with Crippen LogP contribution in [0.15, 0.2) is 48.7 Å². The molecule has 0 spiro atoms. The van der Waals surface area contributed by atoms with E-state index in [1.54, 1.807) is 6.20 Å². The van der Waals surface area contributed by atoms with Crippen LogP contribution < -0.4 is 10.6 Å². The van der Waals surface area contributed by atoms with Crippen LogP contribution in [0, 0.1) is 5.92 Å². The van der Waals surface area contributed by atoms with Gasteiger partial charge in [0.05, 0.1) is 0 Å². The number of rotatable bonds is 6. The van der Waals surface area contributed by atoms with E-state index in [4.69, 9.17) is 5.11 Å². The van der Waals surface area contributed by atoms with Crippen LogP contribution >= 0.6 is 0 Å². The molecule has 3 N–H and O–H groups in total. The van der Waals surface area contributed by atoms with Crippen LogP contribution in [-0.2, 0) is 16.0 Å². The van der Waals surface area contributed by atoms with Crippen molar-refractivity contribution in [3.63, 3.8) is 0 Å². The lowest BCUT2D eigenvalue weighted by atomic mass is 10.0. The second kappa shape index (κ2) is 7.90. The van der Waals surface area contributed by atoms with E-state index in [1.807, 2.05) is 42.5 Å². The first kappa shape index (κ1) is 17.1. The molecule has 2 unspecified atom stereocenters. The number of carboxylic acids is 1. The molecule has 2 atom stereocenters. The minimum absolute atomic E-state index is 0.0597. The van der Waals surface area contributed by atoms with E-state index < -0.39 is 12.0 Å². The molecule has 0 bridgehead atoms. The zero-order valence-electron chi connectivity index (χ0n) is 13.8. The van der Waals surface area contributed by atoms with Crippen LogP contribution in [0.2, 0.25) is 0 Å². The van der Waals surface area contributed by atoms with Gasteiger partial charge in [0, 0.05) is 30.4 Å². The number of nitrogens with one attached hydrogen (secondary N) is 2. The smallest absolute Gasteiger partial charge is 0.320 e. The number of aliphatic carboxylic acids is 1. The molecule has 3 rings (SSSR count). The summed E-state index contributed by atoms with van der Waals surface area (Å²) in [7, 11) is 0. The first-order valence-electron chi connectivity index (χ1n) is 8.35. The summed E-state index contributed by atoms with van der Waals surface area (Å²) in [5.74, 6) is -0.883. The zero-order valence-corrected chi connectivity index (χ0v) is 13.8. The lowest BCUT2D eigenvalue weighted by Gasteiger charge is -2.10. The van der Waals surface area contributed by atoms with Crippen molar-refractivity contribution in [3.8, 4) is 0 Å². The van der Waals surface area contributed by atoms with Crippen LogP contribution in [0.1, 0.15) is 24.1 Å². The quantitative estimate of drug-likeness (QED) is 0.749. The Morgan fingerprint density at radius 3 is 2.64 bits per heavy atom. The fourth-order valence-corrected chi connectivity index (χ4v) is 3.04. The Balaban J connectivity index is 1.49. The maximum Gasteiger partial charge on any atom is 0.320 e. The second-order valence-corrected chi connectivity index (χ2v) is 6.35. The zero-order chi connectivity index (χ0) is 17.6. The van der Waals surface area contributed by atoms with Crippen LogP contribution in [0.25, 0.3) is 0 Å². The molecule has 1 aliphatic heterocycles. The summed E-state index contributed by atoms with van der Waals surface area (Å²) < 4.78 is 0. The maximum absolute atomic E-state index is 12.1. The van der Waals surface area contributed by atoms with E-state index >= 15 is 0 Å². The van der Waals surface area contributed by atoms with Gasteiger partial charge in [-0.2, -0.15) is 0 Å². The molecule has 1 aromatic carbocycles. The first-order valence-corrected chi connectivity index (χ1v) is 8.35. The molecule has 130 valence electrons. The van der Waals surface area contributed by atoms with E-state index in [9.17, 15) is 9.59 Å². The van der Waals surface area contributed by atoms with Gasteiger partial charge in [-0.05, 0) is 48.7 Å². The van der Waals surface area contributed by atoms with Gasteiger partial charge in [-0.15, -0.1) is 0 Å². The number of carboxylic acid groups (broad SMARTS) is 1. The monoisotopic (exact) mass is 339 g/mol. The number of nitrogens with zero attached hydrogens (tertiary/aromatic N) is 1. The molecule has 2 aromatic rings. The third kappa shape index (κ3) is 4.87. The molecule has 1 saturated heterocycles. The standard InChI is InChI=1S/C19H21N3O3/c23-18(11-14-10-17(19(24)25)21-12-14)22-15-6-4-13(5-7-15)9-16-3-1-2-8-20-16/h1-8,14,17,21H,9-12H2,(H,22,23)(H,24,25). The fourth-order valence-electron chi connectivity index (χ4n) is 3.04. The second-order valence-electron chi connectivity index (χ2n) is 6.35. The van der Waals surface area contributed by atoms with E-state index in [0.29, 0.717) is 19.4 Å². The minimum Gasteiger partial charge on any atom is -0.480 e. The highest BCUT2D eigenvalue weighted by atomic mass is 16.4. The molecule has 6 nitrogen and oxygen atoms in total. The summed E-state index contributed by atoms with van der Waals surface area (Å²) >= 11 is 0. The Labute approximate surface area is 146 Å². The summed E-state index contributed by atoms with van der Waals surface area (Å²) in [6.07, 6.45) is 3.34. The fraction of sp³-hybridized carbons (Fsp3) is 0.316. The highest BCUT2D eigenvalue weighted by Crippen LogP contribution is 2.19. The average Bonchev–Trinajstić information content (AvgIpc) is 3.06. The Hall–Kier alpha value is -2.73. The summed E-state index contributed by atoms with van der Waals surface area (Å²) in [5.41, 5.74) is 2.87. The number of hydrogen-bond donors (Lipinski definition) is 3. The summed E-state index contributed by atoms with van der Waals surface area (Å²) in [6, 6.07) is 13.0. The predicted molar refractivity (Wildman–Crippen MR) is 94.3 cm³/mol. The van der Waals surface area contributed by atoms with Crippen LogP contribution in [0.5, 0.6) is 0 Å². The minimum atomic E-state index is -0.855. The molecule has 0 aliphatic carbocycles. The van der Waals surface area contributed by atoms with E-state index in [-0.39, 0.29) is 11.8 Å². The van der Waals surface area contributed by atoms with Crippen molar-refractivity contribution < 1.29 is 14.7 Å². The number of benzene rings is 1. The van der Waals surface area contributed by atoms with E-state index in [1.165, 1.54) is 0 Å². The molecule has 25 heavy (non-hydrogen) atoms. The van der Waals surface area contributed by atoms with Crippen molar-refractivity contribution in [1.29, 1.82) is 0 Å². The number of pyridine rings is 1. The highest BCUT2D eigenvalue weighted by molar-refractivity contribution is 5.91. The molecular formula is C19H21N3O3. The van der Waals surface area contributed by atoms with Crippen molar-refractivity contribution in [2.24, 2.45) is 5.92 Å². The number of amides is 1. The summed E-state index contributed by atoms with van der Waals surface area (Å²) in [4.78, 5) is 27.3. The van der Waals surface area contributed by atoms with Crippen molar-refractivity contribution in [1.82, 2.24) is 10.3 Å². The molecule has 1 aliphatic rings. The molecule has 1 amide bonds. The van der Waals surface area contributed by atoms with Crippen molar-refractivity contribution in [3.05, 3.63) is 59.9 Å². The number of anilines is 1. The lowest BCUT2D eigenvalue weighted by molar-refractivity contribution is -0.139. The Kier molecular flexibility index (Phi) is 5.40. The number of carbonyl (C=O) groups excluding carboxylic acids is 1. The number of carbonyl (C=O) groups is 2. The van der Waals surface area contributed by atoms with Crippen LogP contribution in [0.3, 0.4) is 0 Å². The third-order valence-corrected chi connectivity index (χ3v) is 4.34. The van der Waals surface area contributed by atoms with Gasteiger partial charge in [0.15, 0.2) is 0 Å². The molecule has 0 saturated carbocycles. The van der Waals surface area contributed by atoms with Crippen LogP contribution in [-0.4, -0.2) is 34.6 Å². The molecule has 1 aromatic heterocycles. The molecule has 0 radical (unpaired) electrons. The largest absolute Gasteiger partial charge is 0.480 e. The van der Waals surface area contributed by atoms with Crippen molar-refractivity contribution in [2.45, 2.75) is 25.3 Å². The van der Waals surface area contributed by atoms with E-state index in [2.05, 4.69) is 15.6 Å². The molecular weight excluding hydrogens is 318 g/mol. The first-order chi connectivity index (χ1) is 12.1. The predicted octanol–water partition coefficient (Wildman–Crippen LogP) is 2.06. The Morgan fingerprint density at radius 2 is 2.00 bits per heavy atom. The van der Waals surface area contributed by atoms with Gasteiger partial charge in [-0.3, -0.25) is 14.6 Å². The summed E-state index contributed by atoms with van der Waals surface area (Å²) in [5, 5.41) is 14.8. The number of aromatic nitrogens is 1. The number of hydrogen-bond acceptors (Lipinski definition) is 4. The normalized spacial score (nSPS) is 19.5. The van der Waals surface area contributed by atoms with E-state index in [0.717, 1.165) is 23.4 Å². The van der Waals surface area contributed by atoms with Crippen molar-refractivity contribution in [2.75, 3.05) is 11.9 Å². The lowest BCUT2D eigenvalue weighted by Crippen LogP contribution is -2.29. The van der Waals surface area contributed by atoms with Gasteiger partial charge in [0.1, 0.15) is 6.04 Å². The van der Waals surface area contributed by atoms with Crippen LogP contribution in [0.4, 0.5) is 5.69 Å².